The summed E-state index contributed by atoms with van der Waals surface area (Å²) in [5, 5.41) is 10.5. The van der Waals surface area contributed by atoms with E-state index in [1.54, 1.807) is 0 Å². The summed E-state index contributed by atoms with van der Waals surface area (Å²) in [7, 11) is 0. The fourth-order valence-corrected chi connectivity index (χ4v) is 5.96. The zero-order valence-electron chi connectivity index (χ0n) is 11.4. The lowest BCUT2D eigenvalue weighted by molar-refractivity contribution is -0.129. The second kappa shape index (κ2) is 3.86. The Kier molecular flexibility index (Phi) is 2.43. The van der Waals surface area contributed by atoms with Crippen LogP contribution in [0, 0.1) is 17.3 Å². The fraction of sp³-hybridized carbons (Fsp3) is 0.750. The van der Waals surface area contributed by atoms with Crippen molar-refractivity contribution in [2.45, 2.75) is 50.0 Å². The Morgan fingerprint density at radius 1 is 1.32 bits per heavy atom. The number of aromatic nitrogens is 1. The van der Waals surface area contributed by atoms with Gasteiger partial charge in [0.05, 0.1) is 6.10 Å². The van der Waals surface area contributed by atoms with Crippen LogP contribution in [0.5, 0.6) is 0 Å². The van der Waals surface area contributed by atoms with E-state index in [2.05, 4.69) is 17.2 Å². The quantitative estimate of drug-likeness (QED) is 0.780. The first kappa shape index (κ1) is 12.0. The van der Waals surface area contributed by atoms with E-state index in [9.17, 15) is 5.11 Å². The molecule has 0 aromatic carbocycles. The smallest absolute Gasteiger partial charge is 0.0719 e. The molecule has 0 amide bonds. The molecule has 3 nitrogen and oxygen atoms in total. The van der Waals surface area contributed by atoms with Crippen molar-refractivity contribution < 1.29 is 5.11 Å². The highest BCUT2D eigenvalue weighted by Gasteiger charge is 2.60. The molecule has 19 heavy (non-hydrogen) atoms. The third kappa shape index (κ3) is 1.58. The Hall–Kier alpha value is -0.800. The number of hydrogen-bond acceptors (Lipinski definition) is 2. The number of nitrogens with two attached hydrogens (primary N) is 1. The number of hydrogen-bond donors (Lipinski definition) is 3. The van der Waals surface area contributed by atoms with Crippen molar-refractivity contribution in [3.63, 3.8) is 0 Å². The van der Waals surface area contributed by atoms with E-state index >= 15 is 0 Å². The average molecular weight is 260 g/mol. The molecule has 4 N–H and O–H groups in total. The first-order chi connectivity index (χ1) is 9.16. The highest BCUT2D eigenvalue weighted by molar-refractivity contribution is 5.28. The summed E-state index contributed by atoms with van der Waals surface area (Å²) < 4.78 is 0. The molecule has 3 heteroatoms. The molecule has 5 rings (SSSR count). The molecule has 3 unspecified atom stereocenters. The van der Waals surface area contributed by atoms with Gasteiger partial charge in [0.1, 0.15) is 0 Å². The van der Waals surface area contributed by atoms with E-state index in [4.69, 9.17) is 5.73 Å². The van der Waals surface area contributed by atoms with Crippen molar-refractivity contribution in [2.75, 3.05) is 6.54 Å². The minimum absolute atomic E-state index is 0.107. The second-order valence-electron chi connectivity index (χ2n) is 7.45. The van der Waals surface area contributed by atoms with Crippen LogP contribution in [-0.2, 0) is 5.41 Å². The van der Waals surface area contributed by atoms with Gasteiger partial charge in [-0.25, -0.2) is 0 Å². The van der Waals surface area contributed by atoms with E-state index in [1.807, 2.05) is 6.20 Å². The molecule has 4 fully saturated rings. The lowest BCUT2D eigenvalue weighted by atomic mass is 9.42. The summed E-state index contributed by atoms with van der Waals surface area (Å²) in [4.78, 5) is 3.22. The van der Waals surface area contributed by atoms with Crippen LogP contribution in [0.25, 0.3) is 0 Å². The van der Waals surface area contributed by atoms with Crippen molar-refractivity contribution in [3.05, 3.63) is 24.0 Å². The molecule has 0 spiro atoms. The van der Waals surface area contributed by atoms with Gasteiger partial charge in [-0.15, -0.1) is 0 Å². The number of aliphatic hydroxyl groups excluding tert-OH is 1. The molecular formula is C16H24N2O. The van der Waals surface area contributed by atoms with Gasteiger partial charge in [-0.2, -0.15) is 0 Å². The van der Waals surface area contributed by atoms with Gasteiger partial charge in [0.15, 0.2) is 0 Å². The largest absolute Gasteiger partial charge is 0.391 e. The van der Waals surface area contributed by atoms with Gasteiger partial charge in [-0.05, 0) is 72.8 Å². The molecule has 0 aliphatic heterocycles. The summed E-state index contributed by atoms with van der Waals surface area (Å²) in [6.45, 7) is 0.419. The molecule has 1 aromatic heterocycles. The lowest BCUT2D eigenvalue weighted by Gasteiger charge is -2.63. The van der Waals surface area contributed by atoms with Crippen molar-refractivity contribution in [1.82, 2.24) is 4.98 Å². The highest BCUT2D eigenvalue weighted by Crippen LogP contribution is 2.66. The molecule has 1 heterocycles. The molecule has 4 saturated carbocycles. The van der Waals surface area contributed by atoms with Crippen molar-refractivity contribution in [1.29, 1.82) is 0 Å². The van der Waals surface area contributed by atoms with Crippen LogP contribution in [-0.4, -0.2) is 22.7 Å². The standard InChI is InChI=1S/C16H24N2O/c17-8-14(19)16-6-11-3-12(7-16)5-15(4-11,10-16)13-1-2-18-9-13/h1-2,9,11-12,14,18-19H,3-8,10,17H2. The number of nitrogens with one attached hydrogen (secondary N) is 1. The zero-order chi connectivity index (χ0) is 13.1. The normalized spacial score (nSPS) is 45.6. The van der Waals surface area contributed by atoms with E-state index in [-0.39, 0.29) is 11.5 Å². The number of aromatic amines is 1. The first-order valence-electron chi connectivity index (χ1n) is 7.67. The first-order valence-corrected chi connectivity index (χ1v) is 7.67. The van der Waals surface area contributed by atoms with Gasteiger partial charge in [0, 0.05) is 18.9 Å². The molecule has 4 aliphatic rings. The van der Waals surface area contributed by atoms with Crippen LogP contribution in [0.1, 0.15) is 44.1 Å². The van der Waals surface area contributed by atoms with E-state index in [0.717, 1.165) is 18.3 Å². The van der Waals surface area contributed by atoms with Gasteiger partial charge in [-0.3, -0.25) is 0 Å². The Morgan fingerprint density at radius 3 is 2.63 bits per heavy atom. The molecule has 3 atom stereocenters. The Bertz CT molecular complexity index is 453. The minimum Gasteiger partial charge on any atom is -0.391 e. The van der Waals surface area contributed by atoms with Crippen molar-refractivity contribution in [2.24, 2.45) is 23.0 Å². The van der Waals surface area contributed by atoms with E-state index < -0.39 is 0 Å². The topological polar surface area (TPSA) is 62.0 Å². The Morgan fingerprint density at radius 2 is 2.05 bits per heavy atom. The third-order valence-electron chi connectivity index (χ3n) is 6.25. The monoisotopic (exact) mass is 260 g/mol. The second-order valence-corrected chi connectivity index (χ2v) is 7.45. The van der Waals surface area contributed by atoms with Gasteiger partial charge in [0.25, 0.3) is 0 Å². The third-order valence-corrected chi connectivity index (χ3v) is 6.25. The van der Waals surface area contributed by atoms with Crippen LogP contribution in [0.4, 0.5) is 0 Å². The molecular weight excluding hydrogens is 236 g/mol. The van der Waals surface area contributed by atoms with Crippen molar-refractivity contribution in [3.8, 4) is 0 Å². The summed E-state index contributed by atoms with van der Waals surface area (Å²) in [5.74, 6) is 1.61. The fourth-order valence-electron chi connectivity index (χ4n) is 5.96. The van der Waals surface area contributed by atoms with Gasteiger partial charge < -0.3 is 15.8 Å². The zero-order valence-corrected chi connectivity index (χ0v) is 11.4. The minimum atomic E-state index is -0.309. The maximum absolute atomic E-state index is 10.5. The van der Waals surface area contributed by atoms with Crippen LogP contribution < -0.4 is 5.73 Å². The Labute approximate surface area is 114 Å². The Balaban J connectivity index is 1.76. The van der Waals surface area contributed by atoms with Gasteiger partial charge in [-0.1, -0.05) is 0 Å². The molecule has 4 aliphatic carbocycles. The summed E-state index contributed by atoms with van der Waals surface area (Å²) >= 11 is 0. The number of H-pyrrole nitrogens is 1. The average Bonchev–Trinajstić information content (AvgIpc) is 2.90. The SMILES string of the molecule is NCC(O)C12CC3CC(CC(c4cc[nH]c4)(C3)C1)C2. The summed E-state index contributed by atoms with van der Waals surface area (Å²) in [5.41, 5.74) is 7.69. The van der Waals surface area contributed by atoms with Crippen LogP contribution >= 0.6 is 0 Å². The van der Waals surface area contributed by atoms with Crippen LogP contribution in [0.2, 0.25) is 0 Å². The lowest BCUT2D eigenvalue weighted by Crippen LogP contribution is -2.59. The predicted molar refractivity (Wildman–Crippen MR) is 74.6 cm³/mol. The predicted octanol–water partition coefficient (Wildman–Crippen LogP) is 2.17. The number of rotatable bonds is 3. The van der Waals surface area contributed by atoms with Crippen LogP contribution in [0.3, 0.4) is 0 Å². The van der Waals surface area contributed by atoms with E-state index in [0.29, 0.717) is 12.0 Å². The molecule has 4 bridgehead atoms. The highest BCUT2D eigenvalue weighted by atomic mass is 16.3. The summed E-state index contributed by atoms with van der Waals surface area (Å²) in [6.07, 6.45) is 11.5. The molecule has 1 aromatic rings. The molecule has 0 saturated heterocycles. The maximum Gasteiger partial charge on any atom is 0.0719 e. The van der Waals surface area contributed by atoms with Crippen LogP contribution in [0.15, 0.2) is 18.5 Å². The number of aliphatic hydroxyl groups is 1. The van der Waals surface area contributed by atoms with Gasteiger partial charge in [0.2, 0.25) is 0 Å². The van der Waals surface area contributed by atoms with Crippen molar-refractivity contribution >= 4 is 0 Å². The molecule has 0 radical (unpaired) electrons. The maximum atomic E-state index is 10.5. The van der Waals surface area contributed by atoms with Gasteiger partial charge >= 0.3 is 0 Å². The van der Waals surface area contributed by atoms with E-state index in [1.165, 1.54) is 37.7 Å². The molecule has 104 valence electrons. The summed E-state index contributed by atoms with van der Waals surface area (Å²) in [6, 6.07) is 2.25.